The predicted molar refractivity (Wildman–Crippen MR) is 106 cm³/mol. The maximum Gasteiger partial charge on any atom is 0.229 e. The summed E-state index contributed by atoms with van der Waals surface area (Å²) in [5, 5.41) is 0.786. The first-order valence-electron chi connectivity index (χ1n) is 9.61. The van der Waals surface area contributed by atoms with Crippen molar-refractivity contribution < 1.29 is 9.53 Å². The molecular formula is C22H25ClN2O2. The fourth-order valence-corrected chi connectivity index (χ4v) is 4.26. The molecule has 0 N–H and O–H groups in total. The number of fused-ring (bicyclic) bond motifs is 1. The van der Waals surface area contributed by atoms with Gasteiger partial charge in [0.2, 0.25) is 5.91 Å². The number of piperidine rings is 1. The Morgan fingerprint density at radius 1 is 1.00 bits per heavy atom. The van der Waals surface area contributed by atoms with Crippen molar-refractivity contribution in [3.8, 4) is 0 Å². The summed E-state index contributed by atoms with van der Waals surface area (Å²) in [7, 11) is 0. The highest BCUT2D eigenvalue weighted by Gasteiger charge is 2.39. The first-order chi connectivity index (χ1) is 13.2. The smallest absolute Gasteiger partial charge is 0.229 e. The average Bonchev–Trinajstić information content (AvgIpc) is 2.84. The van der Waals surface area contributed by atoms with E-state index in [1.165, 1.54) is 0 Å². The number of likely N-dealkylation sites (tertiary alicyclic amines) is 1. The van der Waals surface area contributed by atoms with E-state index in [-0.39, 0.29) is 17.9 Å². The van der Waals surface area contributed by atoms with Gasteiger partial charge in [0.1, 0.15) is 0 Å². The van der Waals surface area contributed by atoms with Crippen molar-refractivity contribution in [2.45, 2.75) is 25.6 Å². The highest BCUT2D eigenvalue weighted by Crippen LogP contribution is 2.27. The fourth-order valence-electron chi connectivity index (χ4n) is 4.07. The number of amides is 1. The molecule has 1 amide bonds. The van der Waals surface area contributed by atoms with E-state index in [0.717, 1.165) is 42.2 Å². The third-order valence-electron chi connectivity index (χ3n) is 5.52. The number of hydrogen-bond acceptors (Lipinski definition) is 3. The summed E-state index contributed by atoms with van der Waals surface area (Å²) in [5.74, 6) is 0.109. The van der Waals surface area contributed by atoms with Crippen molar-refractivity contribution in [3.63, 3.8) is 0 Å². The molecular weight excluding hydrogens is 360 g/mol. The van der Waals surface area contributed by atoms with Gasteiger partial charge in [0.25, 0.3) is 0 Å². The summed E-state index contributed by atoms with van der Waals surface area (Å²) in [4.78, 5) is 17.5. The van der Waals surface area contributed by atoms with Gasteiger partial charge in [-0.15, -0.1) is 0 Å². The Morgan fingerprint density at radius 3 is 2.59 bits per heavy atom. The SMILES string of the molecule is O=C1C2CN(Cc3ccccc3Cl)CCC2OCCN1Cc1ccccc1. The molecule has 2 atom stereocenters. The van der Waals surface area contributed by atoms with Gasteiger partial charge >= 0.3 is 0 Å². The van der Waals surface area contributed by atoms with Crippen molar-refractivity contribution in [3.05, 3.63) is 70.7 Å². The molecule has 2 aliphatic heterocycles. The Labute approximate surface area is 165 Å². The van der Waals surface area contributed by atoms with Gasteiger partial charge in [0, 0.05) is 37.7 Å². The summed E-state index contributed by atoms with van der Waals surface area (Å²) in [6.45, 7) is 4.35. The molecule has 27 heavy (non-hydrogen) atoms. The number of rotatable bonds is 4. The molecule has 4 nitrogen and oxygen atoms in total. The Balaban J connectivity index is 1.46. The molecule has 2 saturated heterocycles. The van der Waals surface area contributed by atoms with Crippen molar-refractivity contribution in [2.75, 3.05) is 26.2 Å². The van der Waals surface area contributed by atoms with Crippen LogP contribution < -0.4 is 0 Å². The monoisotopic (exact) mass is 384 g/mol. The molecule has 2 fully saturated rings. The zero-order chi connectivity index (χ0) is 18.6. The molecule has 0 spiro atoms. The highest BCUT2D eigenvalue weighted by molar-refractivity contribution is 6.31. The van der Waals surface area contributed by atoms with Crippen molar-refractivity contribution in [2.24, 2.45) is 5.92 Å². The molecule has 5 heteroatoms. The number of benzene rings is 2. The van der Waals surface area contributed by atoms with E-state index in [1.54, 1.807) is 0 Å². The summed E-state index contributed by atoms with van der Waals surface area (Å²) in [5.41, 5.74) is 2.27. The van der Waals surface area contributed by atoms with Crippen LogP contribution in [0.1, 0.15) is 17.5 Å². The quantitative estimate of drug-likeness (QED) is 0.807. The molecule has 2 unspecified atom stereocenters. The molecule has 0 saturated carbocycles. The minimum Gasteiger partial charge on any atom is -0.375 e. The van der Waals surface area contributed by atoms with Crippen LogP contribution in [0.3, 0.4) is 0 Å². The lowest BCUT2D eigenvalue weighted by molar-refractivity contribution is -0.140. The molecule has 0 bridgehead atoms. The van der Waals surface area contributed by atoms with Crippen LogP contribution in [0.2, 0.25) is 5.02 Å². The predicted octanol–water partition coefficient (Wildman–Crippen LogP) is 3.59. The largest absolute Gasteiger partial charge is 0.375 e. The third kappa shape index (κ3) is 4.34. The van der Waals surface area contributed by atoms with Gasteiger partial charge in [-0.25, -0.2) is 0 Å². The topological polar surface area (TPSA) is 32.8 Å². The molecule has 2 aliphatic rings. The second kappa shape index (κ2) is 8.42. The van der Waals surface area contributed by atoms with E-state index in [4.69, 9.17) is 16.3 Å². The van der Waals surface area contributed by atoms with Crippen LogP contribution in [0.15, 0.2) is 54.6 Å². The lowest BCUT2D eigenvalue weighted by atomic mass is 9.92. The summed E-state index contributed by atoms with van der Waals surface area (Å²) >= 11 is 6.32. The summed E-state index contributed by atoms with van der Waals surface area (Å²) < 4.78 is 6.05. The molecule has 0 aliphatic carbocycles. The molecule has 4 rings (SSSR count). The van der Waals surface area contributed by atoms with Crippen LogP contribution in [-0.4, -0.2) is 48.1 Å². The number of nitrogens with zero attached hydrogens (tertiary/aromatic N) is 2. The highest BCUT2D eigenvalue weighted by atomic mass is 35.5. The van der Waals surface area contributed by atoms with Crippen molar-refractivity contribution in [1.29, 1.82) is 0 Å². The minimum atomic E-state index is -0.104. The van der Waals surface area contributed by atoms with Crippen LogP contribution in [-0.2, 0) is 22.6 Å². The molecule has 0 radical (unpaired) electrons. The standard InChI is InChI=1S/C22H25ClN2O2/c23-20-9-5-4-8-18(20)15-24-11-10-21-19(16-24)22(26)25(12-13-27-21)14-17-6-2-1-3-7-17/h1-9,19,21H,10-16H2. The average molecular weight is 385 g/mol. The number of hydrogen-bond donors (Lipinski definition) is 0. The van der Waals surface area contributed by atoms with Gasteiger partial charge in [-0.1, -0.05) is 60.1 Å². The lowest BCUT2D eigenvalue weighted by Gasteiger charge is -2.37. The van der Waals surface area contributed by atoms with Crippen LogP contribution >= 0.6 is 11.6 Å². The Bertz CT molecular complexity index is 783. The number of halogens is 1. The van der Waals surface area contributed by atoms with Crippen LogP contribution in [0.5, 0.6) is 0 Å². The van der Waals surface area contributed by atoms with Crippen LogP contribution in [0, 0.1) is 5.92 Å². The number of carbonyl (C=O) groups excluding carboxylic acids is 1. The number of ether oxygens (including phenoxy) is 1. The van der Waals surface area contributed by atoms with Gasteiger partial charge < -0.3 is 9.64 Å². The zero-order valence-corrected chi connectivity index (χ0v) is 16.1. The second-order valence-electron chi connectivity index (χ2n) is 7.38. The maximum absolute atomic E-state index is 13.2. The molecule has 2 aromatic rings. The van der Waals surface area contributed by atoms with Gasteiger partial charge in [0.15, 0.2) is 0 Å². The molecule has 0 aromatic heterocycles. The Morgan fingerprint density at radius 2 is 1.78 bits per heavy atom. The van der Waals surface area contributed by atoms with Gasteiger partial charge in [-0.3, -0.25) is 9.69 Å². The van der Waals surface area contributed by atoms with Crippen LogP contribution in [0.4, 0.5) is 0 Å². The first kappa shape index (κ1) is 18.5. The van der Waals surface area contributed by atoms with Gasteiger partial charge in [0.05, 0.1) is 18.6 Å². The lowest BCUT2D eigenvalue weighted by Crippen LogP contribution is -2.49. The molecule has 142 valence electrons. The zero-order valence-electron chi connectivity index (χ0n) is 15.4. The van der Waals surface area contributed by atoms with Gasteiger partial charge in [-0.05, 0) is 23.6 Å². The summed E-state index contributed by atoms with van der Waals surface area (Å²) in [6, 6.07) is 18.1. The molecule has 2 aromatic carbocycles. The van der Waals surface area contributed by atoms with E-state index in [9.17, 15) is 4.79 Å². The number of carbonyl (C=O) groups is 1. The summed E-state index contributed by atoms with van der Waals surface area (Å²) in [6.07, 6.45) is 0.917. The van der Waals surface area contributed by atoms with E-state index in [0.29, 0.717) is 19.7 Å². The minimum absolute atomic E-state index is 0.0285. The Kier molecular flexibility index (Phi) is 5.77. The van der Waals surface area contributed by atoms with Crippen molar-refractivity contribution in [1.82, 2.24) is 9.80 Å². The Hall–Kier alpha value is -1.88. The third-order valence-corrected chi connectivity index (χ3v) is 5.89. The van der Waals surface area contributed by atoms with Gasteiger partial charge in [-0.2, -0.15) is 0 Å². The van der Waals surface area contributed by atoms with E-state index in [2.05, 4.69) is 23.1 Å². The fraction of sp³-hybridized carbons (Fsp3) is 0.409. The van der Waals surface area contributed by atoms with E-state index >= 15 is 0 Å². The first-order valence-corrected chi connectivity index (χ1v) is 9.98. The second-order valence-corrected chi connectivity index (χ2v) is 7.78. The molecule has 2 heterocycles. The normalized spacial score (nSPS) is 23.7. The van der Waals surface area contributed by atoms with Crippen molar-refractivity contribution >= 4 is 17.5 Å². The van der Waals surface area contributed by atoms with E-state index in [1.807, 2.05) is 41.3 Å². The van der Waals surface area contributed by atoms with Crippen LogP contribution in [0.25, 0.3) is 0 Å². The maximum atomic E-state index is 13.2. The van der Waals surface area contributed by atoms with E-state index < -0.39 is 0 Å².